The van der Waals surface area contributed by atoms with Gasteiger partial charge in [-0.25, -0.2) is 0 Å². The molecule has 1 aromatic heterocycles. The van der Waals surface area contributed by atoms with E-state index in [9.17, 15) is 20.2 Å². The summed E-state index contributed by atoms with van der Waals surface area (Å²) >= 11 is 0. The second kappa shape index (κ2) is 2.91. The first kappa shape index (κ1) is 8.05. The summed E-state index contributed by atoms with van der Waals surface area (Å²) in [5, 5.41) is 20.2. The molecule has 0 unspecified atom stereocenters. The van der Waals surface area contributed by atoms with Crippen LogP contribution in [0.5, 0.6) is 0 Å². The van der Waals surface area contributed by atoms with Crippen molar-refractivity contribution in [1.29, 1.82) is 0 Å². The smallest absolute Gasteiger partial charge is 0.358 e. The topological polar surface area (TPSA) is 99.2 Å². The van der Waals surface area contributed by atoms with Crippen LogP contribution in [0.4, 0.5) is 11.5 Å². The highest BCUT2D eigenvalue weighted by atomic mass is 16.6. The van der Waals surface area contributed by atoms with Gasteiger partial charge in [0.25, 0.3) is 5.69 Å². The third kappa shape index (κ3) is 1.51. The number of nitro groups is 2. The van der Waals surface area contributed by atoms with Gasteiger partial charge in [-0.1, -0.05) is 0 Å². The zero-order chi connectivity index (χ0) is 9.14. The van der Waals surface area contributed by atoms with E-state index in [1.165, 1.54) is 0 Å². The fourth-order valence-electron chi connectivity index (χ4n) is 0.621. The van der Waals surface area contributed by atoms with Gasteiger partial charge in [-0.15, -0.1) is 0 Å². The highest BCUT2D eigenvalue weighted by molar-refractivity contribution is 5.35. The highest BCUT2D eigenvalue weighted by Crippen LogP contribution is 2.15. The molecule has 1 heterocycles. The molecule has 0 radical (unpaired) electrons. The average Bonchev–Trinajstić information content (AvgIpc) is 2.04. The maximum atomic E-state index is 10.1. The standard InChI is InChI=1S/C5H3N3O4/c9-7(10)4-1-2-6-5(3-4)8(11)12/h1-3H. The van der Waals surface area contributed by atoms with Crippen LogP contribution in [-0.4, -0.2) is 14.8 Å². The second-order valence-corrected chi connectivity index (χ2v) is 1.89. The number of nitrogens with zero attached hydrogens (tertiary/aromatic N) is 3. The predicted octanol–water partition coefficient (Wildman–Crippen LogP) is 0.898. The van der Waals surface area contributed by atoms with Crippen LogP contribution < -0.4 is 0 Å². The Bertz CT molecular complexity index is 308. The Hall–Kier alpha value is -2.05. The van der Waals surface area contributed by atoms with Crippen molar-refractivity contribution >= 4 is 11.5 Å². The molecule has 1 rings (SSSR count). The molecular weight excluding hydrogens is 166 g/mol. The zero-order valence-corrected chi connectivity index (χ0v) is 5.71. The fourth-order valence-corrected chi connectivity index (χ4v) is 0.621. The SMILES string of the molecule is O=[N+]([O-])c1ccnc([N+](=O)[O-])c1. The Kier molecular flexibility index (Phi) is 1.95. The molecule has 0 amide bonds. The Morgan fingerprint density at radius 1 is 1.25 bits per heavy atom. The van der Waals surface area contributed by atoms with Gasteiger partial charge in [0.05, 0.1) is 11.0 Å². The summed E-state index contributed by atoms with van der Waals surface area (Å²) in [7, 11) is 0. The van der Waals surface area contributed by atoms with E-state index in [1.807, 2.05) is 0 Å². The molecule has 7 heteroatoms. The molecule has 0 aliphatic heterocycles. The van der Waals surface area contributed by atoms with Crippen molar-refractivity contribution < 1.29 is 9.85 Å². The minimum atomic E-state index is -0.785. The monoisotopic (exact) mass is 169 g/mol. The van der Waals surface area contributed by atoms with Crippen molar-refractivity contribution in [2.24, 2.45) is 0 Å². The number of rotatable bonds is 2. The molecule has 0 aliphatic carbocycles. The van der Waals surface area contributed by atoms with E-state index in [0.29, 0.717) is 0 Å². The molecule has 12 heavy (non-hydrogen) atoms. The molecule has 62 valence electrons. The number of pyridine rings is 1. The number of aromatic nitrogens is 1. The number of hydrogen-bond acceptors (Lipinski definition) is 5. The van der Waals surface area contributed by atoms with Gasteiger partial charge in [-0.3, -0.25) is 10.1 Å². The van der Waals surface area contributed by atoms with Crippen LogP contribution in [-0.2, 0) is 0 Å². The van der Waals surface area contributed by atoms with E-state index >= 15 is 0 Å². The first-order chi connectivity index (χ1) is 5.61. The summed E-state index contributed by atoms with van der Waals surface area (Å²) in [6, 6.07) is 1.90. The van der Waals surface area contributed by atoms with Crippen LogP contribution in [0.2, 0.25) is 0 Å². The van der Waals surface area contributed by atoms with Crippen LogP contribution in [0.3, 0.4) is 0 Å². The van der Waals surface area contributed by atoms with Crippen LogP contribution in [0.1, 0.15) is 0 Å². The van der Waals surface area contributed by atoms with Crippen molar-refractivity contribution in [2.75, 3.05) is 0 Å². The third-order valence-electron chi connectivity index (χ3n) is 1.13. The maximum Gasteiger partial charge on any atom is 0.370 e. The minimum Gasteiger partial charge on any atom is -0.358 e. The first-order valence-electron chi connectivity index (χ1n) is 2.86. The maximum absolute atomic E-state index is 10.1. The quantitative estimate of drug-likeness (QED) is 0.483. The summed E-state index contributed by atoms with van der Waals surface area (Å²) < 4.78 is 0. The van der Waals surface area contributed by atoms with Gasteiger partial charge in [-0.2, -0.15) is 0 Å². The average molecular weight is 169 g/mol. The molecule has 0 atom stereocenters. The Labute approximate surface area is 66.0 Å². The van der Waals surface area contributed by atoms with E-state index in [0.717, 1.165) is 18.3 Å². The lowest BCUT2D eigenvalue weighted by atomic mass is 10.4. The zero-order valence-electron chi connectivity index (χ0n) is 5.71. The van der Waals surface area contributed by atoms with Crippen molar-refractivity contribution in [1.82, 2.24) is 4.98 Å². The highest BCUT2D eigenvalue weighted by Gasteiger charge is 2.13. The van der Waals surface area contributed by atoms with Gasteiger partial charge in [0.15, 0.2) is 0 Å². The molecule has 0 aromatic carbocycles. The van der Waals surface area contributed by atoms with E-state index in [2.05, 4.69) is 4.98 Å². The minimum absolute atomic E-state index is 0.336. The van der Waals surface area contributed by atoms with Crippen LogP contribution in [0.15, 0.2) is 18.3 Å². The Morgan fingerprint density at radius 3 is 2.42 bits per heavy atom. The molecule has 0 bridgehead atoms. The van der Waals surface area contributed by atoms with Crippen molar-refractivity contribution in [3.63, 3.8) is 0 Å². The Balaban J connectivity index is 3.12. The van der Waals surface area contributed by atoms with Gasteiger partial charge >= 0.3 is 5.82 Å². The molecule has 0 spiro atoms. The third-order valence-corrected chi connectivity index (χ3v) is 1.13. The summed E-state index contributed by atoms with van der Waals surface area (Å²) in [5.41, 5.74) is -0.336. The molecule has 1 aromatic rings. The lowest BCUT2D eigenvalue weighted by Gasteiger charge is -1.90. The van der Waals surface area contributed by atoms with Gasteiger partial charge in [0, 0.05) is 0 Å². The second-order valence-electron chi connectivity index (χ2n) is 1.89. The molecule has 0 saturated heterocycles. The van der Waals surface area contributed by atoms with Crippen LogP contribution >= 0.6 is 0 Å². The lowest BCUT2D eigenvalue weighted by molar-refractivity contribution is -0.397. The van der Waals surface area contributed by atoms with Crippen molar-refractivity contribution in [2.45, 2.75) is 0 Å². The van der Waals surface area contributed by atoms with Gasteiger partial charge < -0.3 is 10.1 Å². The Morgan fingerprint density at radius 2 is 1.92 bits per heavy atom. The first-order valence-corrected chi connectivity index (χ1v) is 2.86. The van der Waals surface area contributed by atoms with E-state index < -0.39 is 15.7 Å². The molecular formula is C5H3N3O4. The van der Waals surface area contributed by atoms with Gasteiger partial charge in [0.2, 0.25) is 0 Å². The van der Waals surface area contributed by atoms with E-state index in [1.54, 1.807) is 0 Å². The normalized spacial score (nSPS) is 9.33. The summed E-state index contributed by atoms with van der Waals surface area (Å²) in [6.45, 7) is 0. The molecule has 7 nitrogen and oxygen atoms in total. The molecule has 0 aliphatic rings. The van der Waals surface area contributed by atoms with Gasteiger partial charge in [-0.05, 0) is 9.91 Å². The molecule has 0 N–H and O–H groups in total. The number of hydrogen-bond donors (Lipinski definition) is 0. The van der Waals surface area contributed by atoms with E-state index in [-0.39, 0.29) is 5.69 Å². The van der Waals surface area contributed by atoms with Crippen LogP contribution in [0.25, 0.3) is 0 Å². The predicted molar refractivity (Wildman–Crippen MR) is 37.5 cm³/mol. The summed E-state index contributed by atoms with van der Waals surface area (Å²) in [5.74, 6) is -0.524. The summed E-state index contributed by atoms with van der Waals surface area (Å²) in [4.78, 5) is 22.0. The van der Waals surface area contributed by atoms with Crippen LogP contribution in [0, 0.1) is 20.2 Å². The largest absolute Gasteiger partial charge is 0.370 e. The summed E-state index contributed by atoms with van der Waals surface area (Å²) in [6.07, 6.45) is 1.02. The molecule has 0 saturated carbocycles. The van der Waals surface area contributed by atoms with Crippen molar-refractivity contribution in [3.8, 4) is 0 Å². The fraction of sp³-hybridized carbons (Fsp3) is 0. The molecule has 0 fully saturated rings. The van der Waals surface area contributed by atoms with Crippen molar-refractivity contribution in [3.05, 3.63) is 38.6 Å². The van der Waals surface area contributed by atoms with E-state index in [4.69, 9.17) is 0 Å². The lowest BCUT2D eigenvalue weighted by Crippen LogP contribution is -1.94. The van der Waals surface area contributed by atoms with Gasteiger partial charge in [0.1, 0.15) is 12.3 Å².